The number of piperidine rings is 1. The van der Waals surface area contributed by atoms with Crippen molar-refractivity contribution in [3.63, 3.8) is 0 Å². The van der Waals surface area contributed by atoms with Crippen molar-refractivity contribution in [1.82, 2.24) is 19.9 Å². The van der Waals surface area contributed by atoms with Gasteiger partial charge in [0.2, 0.25) is 11.8 Å². The molecular weight excluding hydrogens is 494 g/mol. The van der Waals surface area contributed by atoms with Gasteiger partial charge in [-0.15, -0.1) is 0 Å². The second kappa shape index (κ2) is 12.4. The molecule has 9 heteroatoms. The maximum atomic E-state index is 13.8. The maximum Gasteiger partial charge on any atom is 0.254 e. The fourth-order valence-corrected chi connectivity index (χ4v) is 5.91. The van der Waals surface area contributed by atoms with Crippen LogP contribution in [0.1, 0.15) is 56.0 Å². The molecule has 2 unspecified atom stereocenters. The number of ether oxygens (including phenoxy) is 1. The van der Waals surface area contributed by atoms with Crippen LogP contribution in [0.2, 0.25) is 0 Å². The van der Waals surface area contributed by atoms with Gasteiger partial charge in [0.25, 0.3) is 5.88 Å². The van der Waals surface area contributed by atoms with Gasteiger partial charge < -0.3 is 19.1 Å². The number of fused-ring (bicyclic) bond motifs is 3. The van der Waals surface area contributed by atoms with Gasteiger partial charge >= 0.3 is 0 Å². The highest BCUT2D eigenvalue weighted by Gasteiger charge is 2.34. The molecular formula is C30H37N5O4. The number of carbonyl (C=O) groups excluding carboxylic acids is 2. The number of pyridine rings is 1. The number of para-hydroxylation sites is 1. The smallest absolute Gasteiger partial charge is 0.254 e. The molecule has 2 aliphatic rings. The largest absolute Gasteiger partial charge is 0.479 e. The number of aryl methyl sites for hydroxylation is 1. The van der Waals surface area contributed by atoms with Crippen molar-refractivity contribution in [3.8, 4) is 5.88 Å². The number of amides is 2. The molecule has 1 fully saturated rings. The van der Waals surface area contributed by atoms with Crippen molar-refractivity contribution < 1.29 is 18.8 Å². The minimum atomic E-state index is 0.0162. The predicted octanol–water partition coefficient (Wildman–Crippen LogP) is 4.22. The number of anilines is 1. The van der Waals surface area contributed by atoms with E-state index in [0.29, 0.717) is 50.2 Å². The van der Waals surface area contributed by atoms with E-state index in [1.165, 1.54) is 7.11 Å². The highest BCUT2D eigenvalue weighted by molar-refractivity contribution is 5.92. The lowest BCUT2D eigenvalue weighted by Gasteiger charge is -2.44. The summed E-state index contributed by atoms with van der Waals surface area (Å²) in [5, 5.41) is 3.86. The first-order chi connectivity index (χ1) is 19.0. The molecule has 2 bridgehead atoms. The van der Waals surface area contributed by atoms with E-state index in [1.807, 2.05) is 52.4 Å². The molecule has 206 valence electrons. The number of benzene rings is 1. The van der Waals surface area contributed by atoms with Crippen LogP contribution in [0, 0.1) is 0 Å². The van der Waals surface area contributed by atoms with Crippen LogP contribution in [0.25, 0.3) is 0 Å². The van der Waals surface area contributed by atoms with Crippen LogP contribution in [0.3, 0.4) is 0 Å². The molecule has 3 aromatic rings. The van der Waals surface area contributed by atoms with Crippen molar-refractivity contribution >= 4 is 17.5 Å². The summed E-state index contributed by atoms with van der Waals surface area (Å²) in [6, 6.07) is 16.2. The lowest BCUT2D eigenvalue weighted by atomic mass is 9.92. The zero-order valence-corrected chi connectivity index (χ0v) is 22.8. The van der Waals surface area contributed by atoms with Crippen molar-refractivity contribution in [2.45, 2.75) is 70.6 Å². The molecule has 2 aromatic heterocycles. The average molecular weight is 532 g/mol. The standard InChI is InChI=1S/C30H37N5O4/c1-22(36)34-17-15-25-10-7-11-26(35(25)20-24-9-5-6-16-31-24)21-33(19-23-8-3-4-12-28(23)34)30(37)14-13-27-18-29(38-2)32-39-27/h3-6,8-9,12,16,18,25-26H,7,10-11,13-15,17,19-21H2,1-2H3. The molecule has 0 spiro atoms. The fourth-order valence-electron chi connectivity index (χ4n) is 5.91. The Morgan fingerprint density at radius 1 is 1.08 bits per heavy atom. The molecule has 4 heterocycles. The van der Waals surface area contributed by atoms with Crippen LogP contribution in [0.15, 0.2) is 59.3 Å². The summed E-state index contributed by atoms with van der Waals surface area (Å²) in [6.07, 6.45) is 6.63. The highest BCUT2D eigenvalue weighted by atomic mass is 16.5. The topological polar surface area (TPSA) is 92.0 Å². The van der Waals surface area contributed by atoms with Crippen molar-refractivity contribution in [3.05, 3.63) is 71.7 Å². The van der Waals surface area contributed by atoms with Crippen molar-refractivity contribution in [1.29, 1.82) is 0 Å². The molecule has 0 aliphatic carbocycles. The predicted molar refractivity (Wildman–Crippen MR) is 147 cm³/mol. The van der Waals surface area contributed by atoms with Crippen LogP contribution in [-0.4, -0.2) is 64.0 Å². The van der Waals surface area contributed by atoms with Crippen molar-refractivity contribution in [2.24, 2.45) is 0 Å². The molecule has 9 nitrogen and oxygen atoms in total. The molecule has 0 saturated carbocycles. The number of hydrogen-bond acceptors (Lipinski definition) is 7. The zero-order valence-electron chi connectivity index (χ0n) is 22.8. The molecule has 1 saturated heterocycles. The quantitative estimate of drug-likeness (QED) is 0.470. The van der Waals surface area contributed by atoms with E-state index >= 15 is 0 Å². The van der Waals surface area contributed by atoms with Crippen LogP contribution in [0.5, 0.6) is 5.88 Å². The molecule has 39 heavy (non-hydrogen) atoms. The Balaban J connectivity index is 1.46. The summed E-state index contributed by atoms with van der Waals surface area (Å²) in [4.78, 5) is 37.6. The summed E-state index contributed by atoms with van der Waals surface area (Å²) in [6.45, 7) is 4.06. The highest BCUT2D eigenvalue weighted by Crippen LogP contribution is 2.31. The van der Waals surface area contributed by atoms with E-state index in [9.17, 15) is 9.59 Å². The molecule has 5 rings (SSSR count). The number of methoxy groups -OCH3 is 1. The number of nitrogens with zero attached hydrogens (tertiary/aromatic N) is 5. The Bertz CT molecular complexity index is 1260. The van der Waals surface area contributed by atoms with Gasteiger partial charge in [0.05, 0.1) is 12.8 Å². The number of aromatic nitrogens is 2. The van der Waals surface area contributed by atoms with Gasteiger partial charge in [-0.3, -0.25) is 19.5 Å². The summed E-state index contributed by atoms with van der Waals surface area (Å²) >= 11 is 0. The molecule has 1 aromatic carbocycles. The fraction of sp³-hybridized carbons (Fsp3) is 0.467. The van der Waals surface area contributed by atoms with E-state index in [2.05, 4.69) is 21.1 Å². The van der Waals surface area contributed by atoms with Crippen LogP contribution in [-0.2, 0) is 29.1 Å². The third-order valence-corrected chi connectivity index (χ3v) is 7.91. The van der Waals surface area contributed by atoms with Gasteiger partial charge in [0, 0.05) is 76.0 Å². The van der Waals surface area contributed by atoms with Crippen LogP contribution in [0.4, 0.5) is 5.69 Å². The molecule has 0 N–H and O–H groups in total. The van der Waals surface area contributed by atoms with E-state index in [1.54, 1.807) is 13.0 Å². The number of hydrogen-bond donors (Lipinski definition) is 0. The molecule has 0 radical (unpaired) electrons. The number of rotatable bonds is 6. The SMILES string of the molecule is COc1cc(CCC(=O)N2Cc3ccccc3N(C(C)=O)CCC3CCCC(C2)N3Cc2ccccn2)on1. The van der Waals surface area contributed by atoms with E-state index < -0.39 is 0 Å². The molecule has 2 amide bonds. The lowest BCUT2D eigenvalue weighted by Crippen LogP contribution is -2.52. The van der Waals surface area contributed by atoms with Gasteiger partial charge in [-0.25, -0.2) is 0 Å². The first kappa shape index (κ1) is 26.9. The van der Waals surface area contributed by atoms with Crippen LogP contribution < -0.4 is 9.64 Å². The molecule has 2 atom stereocenters. The van der Waals surface area contributed by atoms with Gasteiger partial charge in [-0.05, 0) is 48.2 Å². The van der Waals surface area contributed by atoms with E-state index in [0.717, 1.165) is 49.2 Å². The first-order valence-corrected chi connectivity index (χ1v) is 13.8. The summed E-state index contributed by atoms with van der Waals surface area (Å²) in [7, 11) is 1.54. The van der Waals surface area contributed by atoms with Gasteiger partial charge in [-0.1, -0.05) is 30.7 Å². The maximum absolute atomic E-state index is 13.8. The Hall–Kier alpha value is -3.72. The lowest BCUT2D eigenvalue weighted by molar-refractivity contribution is -0.133. The average Bonchev–Trinajstić information content (AvgIpc) is 3.41. The van der Waals surface area contributed by atoms with Crippen molar-refractivity contribution in [2.75, 3.05) is 25.1 Å². The van der Waals surface area contributed by atoms with Gasteiger partial charge in [0.15, 0.2) is 0 Å². The second-order valence-corrected chi connectivity index (χ2v) is 10.4. The Labute approximate surface area is 229 Å². The summed E-state index contributed by atoms with van der Waals surface area (Å²) < 4.78 is 10.4. The van der Waals surface area contributed by atoms with Crippen LogP contribution >= 0.6 is 0 Å². The Morgan fingerprint density at radius 2 is 1.90 bits per heavy atom. The van der Waals surface area contributed by atoms with E-state index in [4.69, 9.17) is 9.26 Å². The summed E-state index contributed by atoms with van der Waals surface area (Å²) in [5.41, 5.74) is 2.89. The third kappa shape index (κ3) is 6.47. The van der Waals surface area contributed by atoms with Gasteiger partial charge in [-0.2, -0.15) is 0 Å². The minimum Gasteiger partial charge on any atom is -0.479 e. The summed E-state index contributed by atoms with van der Waals surface area (Å²) in [5.74, 6) is 1.09. The number of carbonyl (C=O) groups is 2. The normalized spacial score (nSPS) is 20.2. The van der Waals surface area contributed by atoms with E-state index in [-0.39, 0.29) is 17.9 Å². The van der Waals surface area contributed by atoms with Gasteiger partial charge in [0.1, 0.15) is 5.76 Å². The minimum absolute atomic E-state index is 0.0162. The second-order valence-electron chi connectivity index (χ2n) is 10.4. The Kier molecular flexibility index (Phi) is 8.56. The molecule has 2 aliphatic heterocycles. The monoisotopic (exact) mass is 531 g/mol. The Morgan fingerprint density at radius 3 is 2.67 bits per heavy atom. The third-order valence-electron chi connectivity index (χ3n) is 7.91. The zero-order chi connectivity index (χ0) is 27.2. The first-order valence-electron chi connectivity index (χ1n) is 13.8.